The average Bonchev–Trinajstić information content (AvgIpc) is 3.22. The molecule has 0 aliphatic rings. The molecule has 1 amide bonds. The van der Waals surface area contributed by atoms with Crippen LogP contribution < -0.4 is 10.1 Å². The molecule has 0 saturated carbocycles. The molecular formula is C21H17NO3S. The van der Waals surface area contributed by atoms with Crippen LogP contribution in [0.3, 0.4) is 0 Å². The minimum Gasteiger partial charge on any atom is -0.497 e. The Morgan fingerprint density at radius 3 is 2.35 bits per heavy atom. The lowest BCUT2D eigenvalue weighted by molar-refractivity contribution is 0.102. The molecular weight excluding hydrogens is 346 g/mol. The number of hydrogen-bond acceptors (Lipinski definition) is 4. The second kappa shape index (κ2) is 8.27. The minimum atomic E-state index is -0.154. The van der Waals surface area contributed by atoms with Crippen LogP contribution in [0.1, 0.15) is 25.6 Å². The van der Waals surface area contributed by atoms with Gasteiger partial charge in [-0.25, -0.2) is 0 Å². The Hall–Kier alpha value is -3.18. The van der Waals surface area contributed by atoms with E-state index in [9.17, 15) is 9.59 Å². The zero-order valence-corrected chi connectivity index (χ0v) is 15.0. The Bertz CT molecular complexity index is 911. The van der Waals surface area contributed by atoms with Crippen LogP contribution in [-0.2, 0) is 0 Å². The smallest absolute Gasteiger partial charge is 0.265 e. The van der Waals surface area contributed by atoms with Gasteiger partial charge in [0.15, 0.2) is 5.78 Å². The maximum Gasteiger partial charge on any atom is 0.265 e. The summed E-state index contributed by atoms with van der Waals surface area (Å²) in [6.45, 7) is 0. The Morgan fingerprint density at radius 2 is 1.73 bits per heavy atom. The first kappa shape index (κ1) is 17.6. The number of allylic oxidation sites excluding steroid dienone is 1. The number of anilines is 1. The molecule has 2 aromatic carbocycles. The maximum atomic E-state index is 12.3. The Labute approximate surface area is 155 Å². The van der Waals surface area contributed by atoms with Gasteiger partial charge in [-0.15, -0.1) is 11.3 Å². The summed E-state index contributed by atoms with van der Waals surface area (Å²) in [7, 11) is 1.61. The van der Waals surface area contributed by atoms with Gasteiger partial charge in [-0.1, -0.05) is 24.3 Å². The van der Waals surface area contributed by atoms with Crippen molar-refractivity contribution in [1.82, 2.24) is 0 Å². The van der Waals surface area contributed by atoms with Crippen LogP contribution in [0.4, 0.5) is 5.69 Å². The third-order valence-corrected chi connectivity index (χ3v) is 4.58. The first-order valence-corrected chi connectivity index (χ1v) is 8.85. The van der Waals surface area contributed by atoms with E-state index in [0.29, 0.717) is 16.1 Å². The predicted octanol–water partition coefficient (Wildman–Crippen LogP) is 4.91. The third kappa shape index (κ3) is 4.46. The molecule has 5 heteroatoms. The molecule has 0 bridgehead atoms. The van der Waals surface area contributed by atoms with E-state index in [1.807, 2.05) is 35.7 Å². The molecule has 26 heavy (non-hydrogen) atoms. The molecule has 1 N–H and O–H groups in total. The summed E-state index contributed by atoms with van der Waals surface area (Å²) < 4.78 is 5.11. The summed E-state index contributed by atoms with van der Waals surface area (Å²) in [6.07, 6.45) is 3.29. The van der Waals surface area contributed by atoms with Gasteiger partial charge >= 0.3 is 0 Å². The van der Waals surface area contributed by atoms with Crippen molar-refractivity contribution in [2.45, 2.75) is 0 Å². The molecule has 0 radical (unpaired) electrons. The largest absolute Gasteiger partial charge is 0.497 e. The molecule has 1 heterocycles. The number of rotatable bonds is 6. The Morgan fingerprint density at radius 1 is 1.00 bits per heavy atom. The second-order valence-electron chi connectivity index (χ2n) is 5.48. The van der Waals surface area contributed by atoms with Gasteiger partial charge in [0, 0.05) is 11.3 Å². The summed E-state index contributed by atoms with van der Waals surface area (Å²) in [5.41, 5.74) is 2.13. The average molecular weight is 363 g/mol. The van der Waals surface area contributed by atoms with Crippen LogP contribution in [0.5, 0.6) is 5.75 Å². The molecule has 1 aromatic heterocycles. The molecule has 3 aromatic rings. The van der Waals surface area contributed by atoms with Crippen LogP contribution in [0.2, 0.25) is 0 Å². The summed E-state index contributed by atoms with van der Waals surface area (Å²) in [6, 6.07) is 17.9. The van der Waals surface area contributed by atoms with E-state index >= 15 is 0 Å². The van der Waals surface area contributed by atoms with Crippen LogP contribution in [0.25, 0.3) is 6.08 Å². The number of carbonyl (C=O) groups excluding carboxylic acids is 2. The Kier molecular flexibility index (Phi) is 5.61. The highest BCUT2D eigenvalue weighted by atomic mass is 32.1. The van der Waals surface area contributed by atoms with Gasteiger partial charge < -0.3 is 10.1 Å². The number of carbonyl (C=O) groups is 2. The van der Waals surface area contributed by atoms with Crippen molar-refractivity contribution in [1.29, 1.82) is 0 Å². The summed E-state index contributed by atoms with van der Waals surface area (Å²) >= 11 is 1.38. The number of ketones is 1. The zero-order chi connectivity index (χ0) is 18.4. The number of amides is 1. The lowest BCUT2D eigenvalue weighted by Gasteiger charge is -2.04. The number of nitrogens with one attached hydrogen (secondary N) is 1. The Balaban J connectivity index is 1.62. The number of benzene rings is 2. The summed E-state index contributed by atoms with van der Waals surface area (Å²) in [5.74, 6) is 0.518. The van der Waals surface area contributed by atoms with Crippen LogP contribution in [0.15, 0.2) is 72.1 Å². The van der Waals surface area contributed by atoms with Crippen molar-refractivity contribution in [2.24, 2.45) is 0 Å². The van der Waals surface area contributed by atoms with Crippen molar-refractivity contribution in [3.8, 4) is 5.75 Å². The van der Waals surface area contributed by atoms with Gasteiger partial charge in [0.05, 0.1) is 12.0 Å². The van der Waals surface area contributed by atoms with E-state index < -0.39 is 0 Å². The normalized spacial score (nSPS) is 10.7. The number of hydrogen-bond donors (Lipinski definition) is 1. The molecule has 0 atom stereocenters. The number of methoxy groups -OCH3 is 1. The van der Waals surface area contributed by atoms with E-state index in [4.69, 9.17) is 4.74 Å². The van der Waals surface area contributed by atoms with Crippen LogP contribution >= 0.6 is 11.3 Å². The van der Waals surface area contributed by atoms with Gasteiger partial charge in [-0.3, -0.25) is 9.59 Å². The molecule has 3 rings (SSSR count). The molecule has 0 saturated heterocycles. The highest BCUT2D eigenvalue weighted by Gasteiger charge is 2.07. The first-order valence-electron chi connectivity index (χ1n) is 7.97. The fourth-order valence-electron chi connectivity index (χ4n) is 2.30. The standard InChI is InChI=1S/C21H17NO3S/c1-25-18-11-4-15(5-12-18)6-13-19(23)16-7-9-17(10-8-16)22-21(24)20-3-2-14-26-20/h2-14H,1H3,(H,22,24)/b13-6-. The van der Waals surface area contributed by atoms with Crippen LogP contribution in [0, 0.1) is 0 Å². The zero-order valence-electron chi connectivity index (χ0n) is 14.1. The van der Waals surface area contributed by atoms with E-state index in [1.165, 1.54) is 17.4 Å². The quantitative estimate of drug-likeness (QED) is 0.500. The number of ether oxygens (including phenoxy) is 1. The van der Waals surface area contributed by atoms with Gasteiger partial charge in [0.25, 0.3) is 5.91 Å². The molecule has 0 unspecified atom stereocenters. The molecule has 0 spiro atoms. The lowest BCUT2D eigenvalue weighted by Crippen LogP contribution is -2.10. The molecule has 0 aliphatic carbocycles. The second-order valence-corrected chi connectivity index (χ2v) is 6.43. The molecule has 0 fully saturated rings. The van der Waals surface area contributed by atoms with Crippen LogP contribution in [-0.4, -0.2) is 18.8 Å². The van der Waals surface area contributed by atoms with Gasteiger partial charge in [0.2, 0.25) is 0 Å². The highest BCUT2D eigenvalue weighted by Crippen LogP contribution is 2.16. The molecule has 4 nitrogen and oxygen atoms in total. The molecule has 0 aliphatic heterocycles. The van der Waals surface area contributed by atoms with Crippen molar-refractivity contribution >= 4 is 34.8 Å². The van der Waals surface area contributed by atoms with Crippen molar-refractivity contribution in [3.05, 3.63) is 88.1 Å². The first-order chi connectivity index (χ1) is 12.7. The van der Waals surface area contributed by atoms with Gasteiger partial charge in [-0.05, 0) is 59.5 Å². The SMILES string of the molecule is COc1ccc(/C=C\C(=O)c2ccc(NC(=O)c3cccs3)cc2)cc1. The fourth-order valence-corrected chi connectivity index (χ4v) is 2.92. The maximum absolute atomic E-state index is 12.3. The van der Waals surface area contributed by atoms with Crippen molar-refractivity contribution < 1.29 is 14.3 Å². The summed E-state index contributed by atoms with van der Waals surface area (Å²) in [5, 5.41) is 4.66. The van der Waals surface area contributed by atoms with E-state index in [0.717, 1.165) is 11.3 Å². The monoisotopic (exact) mass is 363 g/mol. The van der Waals surface area contributed by atoms with E-state index in [2.05, 4.69) is 5.32 Å². The minimum absolute atomic E-state index is 0.100. The van der Waals surface area contributed by atoms with Crippen molar-refractivity contribution in [3.63, 3.8) is 0 Å². The highest BCUT2D eigenvalue weighted by molar-refractivity contribution is 7.12. The summed E-state index contributed by atoms with van der Waals surface area (Å²) in [4.78, 5) is 24.9. The van der Waals surface area contributed by atoms with E-state index in [-0.39, 0.29) is 11.7 Å². The van der Waals surface area contributed by atoms with Crippen molar-refractivity contribution in [2.75, 3.05) is 12.4 Å². The topological polar surface area (TPSA) is 55.4 Å². The lowest BCUT2D eigenvalue weighted by atomic mass is 10.1. The fraction of sp³-hybridized carbons (Fsp3) is 0.0476. The number of thiophene rings is 1. The van der Waals surface area contributed by atoms with E-state index in [1.54, 1.807) is 43.5 Å². The predicted molar refractivity (Wildman–Crippen MR) is 105 cm³/mol. The van der Waals surface area contributed by atoms with Gasteiger partial charge in [-0.2, -0.15) is 0 Å². The molecule has 130 valence electrons. The third-order valence-electron chi connectivity index (χ3n) is 3.72. The van der Waals surface area contributed by atoms with Gasteiger partial charge in [0.1, 0.15) is 5.75 Å².